The summed E-state index contributed by atoms with van der Waals surface area (Å²) in [6.07, 6.45) is -3.40. The van der Waals surface area contributed by atoms with Crippen molar-refractivity contribution in [1.29, 1.82) is 0 Å². The third-order valence-corrected chi connectivity index (χ3v) is 3.00. The molecular formula is C10H15F3N2S. The van der Waals surface area contributed by atoms with Gasteiger partial charge in [-0.15, -0.1) is 11.3 Å². The first-order valence-electron chi connectivity index (χ1n) is 5.05. The number of thiazole rings is 1. The van der Waals surface area contributed by atoms with Gasteiger partial charge in [0.1, 0.15) is 0 Å². The largest absolute Gasteiger partial charge is 0.401 e. The van der Waals surface area contributed by atoms with Crippen LogP contribution in [0.15, 0.2) is 5.38 Å². The Bertz CT molecular complexity index is 322. The van der Waals surface area contributed by atoms with E-state index in [1.807, 2.05) is 19.2 Å². The minimum atomic E-state index is -4.13. The number of aromatic nitrogens is 1. The van der Waals surface area contributed by atoms with Crippen LogP contribution in [0.1, 0.15) is 17.6 Å². The average Bonchev–Trinajstić information content (AvgIpc) is 2.48. The van der Waals surface area contributed by atoms with E-state index in [1.54, 1.807) is 11.3 Å². The molecule has 16 heavy (non-hydrogen) atoms. The van der Waals surface area contributed by atoms with Gasteiger partial charge in [-0.1, -0.05) is 6.92 Å². The Morgan fingerprint density at radius 1 is 1.50 bits per heavy atom. The molecule has 0 bridgehead atoms. The lowest BCUT2D eigenvalue weighted by Crippen LogP contribution is -2.32. The first-order chi connectivity index (χ1) is 7.37. The molecule has 1 N–H and O–H groups in total. The summed E-state index contributed by atoms with van der Waals surface area (Å²) in [6.45, 7) is 3.26. The molecule has 0 aromatic carbocycles. The van der Waals surface area contributed by atoms with E-state index in [1.165, 1.54) is 0 Å². The minimum Gasteiger partial charge on any atom is -0.308 e. The monoisotopic (exact) mass is 252 g/mol. The first-order valence-corrected chi connectivity index (χ1v) is 5.93. The fraction of sp³-hybridized carbons (Fsp3) is 0.700. The highest BCUT2D eigenvalue weighted by molar-refractivity contribution is 7.09. The number of rotatable bonds is 5. The fourth-order valence-corrected chi connectivity index (χ4v) is 2.26. The molecule has 1 rings (SSSR count). The minimum absolute atomic E-state index is 0.160. The van der Waals surface area contributed by atoms with Crippen molar-refractivity contribution < 1.29 is 13.2 Å². The van der Waals surface area contributed by atoms with Gasteiger partial charge in [-0.05, 0) is 19.4 Å². The number of alkyl halides is 3. The Morgan fingerprint density at radius 3 is 2.69 bits per heavy atom. The van der Waals surface area contributed by atoms with Gasteiger partial charge in [0.05, 0.1) is 11.6 Å². The van der Waals surface area contributed by atoms with Crippen molar-refractivity contribution in [2.75, 3.05) is 13.1 Å². The third-order valence-electron chi connectivity index (χ3n) is 2.01. The van der Waals surface area contributed by atoms with E-state index in [9.17, 15) is 13.2 Å². The molecule has 0 radical (unpaired) electrons. The van der Waals surface area contributed by atoms with E-state index in [0.717, 1.165) is 17.1 Å². The van der Waals surface area contributed by atoms with Crippen molar-refractivity contribution in [3.05, 3.63) is 16.1 Å². The molecule has 92 valence electrons. The van der Waals surface area contributed by atoms with Crippen molar-refractivity contribution >= 4 is 11.3 Å². The van der Waals surface area contributed by atoms with Crippen LogP contribution < -0.4 is 5.32 Å². The molecule has 0 saturated carbocycles. The molecule has 1 aromatic heterocycles. The maximum absolute atomic E-state index is 11.9. The Kier molecular flexibility index (Phi) is 4.73. The lowest BCUT2D eigenvalue weighted by atomic mass is 10.1. The second kappa shape index (κ2) is 5.63. The van der Waals surface area contributed by atoms with E-state index in [4.69, 9.17) is 0 Å². The van der Waals surface area contributed by atoms with Crippen LogP contribution in [0.25, 0.3) is 0 Å². The molecular weight excluding hydrogens is 237 g/mol. The zero-order valence-electron chi connectivity index (χ0n) is 9.27. The van der Waals surface area contributed by atoms with Crippen LogP contribution >= 0.6 is 11.3 Å². The zero-order valence-corrected chi connectivity index (χ0v) is 10.1. The molecule has 0 fully saturated rings. The molecule has 0 saturated heterocycles. The van der Waals surface area contributed by atoms with Crippen LogP contribution in [0.3, 0.4) is 0 Å². The van der Waals surface area contributed by atoms with Gasteiger partial charge < -0.3 is 5.32 Å². The predicted molar refractivity (Wildman–Crippen MR) is 58.6 cm³/mol. The summed E-state index contributed by atoms with van der Waals surface area (Å²) in [6, 6.07) is 0. The van der Waals surface area contributed by atoms with Crippen molar-refractivity contribution in [1.82, 2.24) is 10.3 Å². The first kappa shape index (κ1) is 13.4. The molecule has 0 aliphatic rings. The summed E-state index contributed by atoms with van der Waals surface area (Å²) in [5, 5.41) is 5.34. The summed E-state index contributed by atoms with van der Waals surface area (Å²) in [7, 11) is 0. The summed E-state index contributed by atoms with van der Waals surface area (Å²) in [5.74, 6) is 0.160. The summed E-state index contributed by atoms with van der Waals surface area (Å²) in [4.78, 5) is 4.28. The SMILES string of the molecule is Cc1csc(CC(C)CNCC(F)(F)F)n1. The zero-order chi connectivity index (χ0) is 12.2. The molecule has 1 heterocycles. The molecule has 0 aliphatic carbocycles. The maximum atomic E-state index is 11.9. The van der Waals surface area contributed by atoms with Gasteiger partial charge >= 0.3 is 6.18 Å². The van der Waals surface area contributed by atoms with Gasteiger partial charge in [0, 0.05) is 17.5 Å². The predicted octanol–water partition coefficient (Wildman–Crippen LogP) is 2.78. The third kappa shape index (κ3) is 5.46. The Balaban J connectivity index is 2.23. The van der Waals surface area contributed by atoms with Gasteiger partial charge in [0.25, 0.3) is 0 Å². The molecule has 0 amide bonds. The molecule has 1 aromatic rings. The number of nitrogens with zero attached hydrogens (tertiary/aromatic N) is 1. The highest BCUT2D eigenvalue weighted by Gasteiger charge is 2.26. The molecule has 2 nitrogen and oxygen atoms in total. The standard InChI is InChI=1S/C10H15F3N2S/c1-7(4-14-6-10(11,12)13)3-9-15-8(2)5-16-9/h5,7,14H,3-4,6H2,1-2H3. The second-order valence-electron chi connectivity index (χ2n) is 3.94. The average molecular weight is 252 g/mol. The summed E-state index contributed by atoms with van der Waals surface area (Å²) in [5.41, 5.74) is 0.968. The van der Waals surface area contributed by atoms with E-state index in [0.29, 0.717) is 6.54 Å². The van der Waals surface area contributed by atoms with Gasteiger partial charge in [-0.3, -0.25) is 0 Å². The van der Waals surface area contributed by atoms with Crippen molar-refractivity contribution in [2.24, 2.45) is 5.92 Å². The number of hydrogen-bond acceptors (Lipinski definition) is 3. The number of halogens is 3. The van der Waals surface area contributed by atoms with Crippen LogP contribution in [0.5, 0.6) is 0 Å². The number of nitrogens with one attached hydrogen (secondary N) is 1. The quantitative estimate of drug-likeness (QED) is 0.871. The number of aryl methyl sites for hydroxylation is 1. The van der Waals surface area contributed by atoms with Crippen LogP contribution in [0, 0.1) is 12.8 Å². The van der Waals surface area contributed by atoms with Crippen LogP contribution in [0.2, 0.25) is 0 Å². The van der Waals surface area contributed by atoms with Crippen LogP contribution in [0.4, 0.5) is 13.2 Å². The molecule has 6 heteroatoms. The Morgan fingerprint density at radius 2 is 2.19 bits per heavy atom. The lowest BCUT2D eigenvalue weighted by Gasteiger charge is -2.12. The van der Waals surface area contributed by atoms with E-state index < -0.39 is 12.7 Å². The maximum Gasteiger partial charge on any atom is 0.401 e. The van der Waals surface area contributed by atoms with E-state index in [2.05, 4.69) is 10.3 Å². The van der Waals surface area contributed by atoms with Gasteiger partial charge in [-0.25, -0.2) is 4.98 Å². The summed E-state index contributed by atoms with van der Waals surface area (Å²) < 4.78 is 35.6. The van der Waals surface area contributed by atoms with Crippen molar-refractivity contribution in [2.45, 2.75) is 26.4 Å². The van der Waals surface area contributed by atoms with Crippen molar-refractivity contribution in [3.8, 4) is 0 Å². The molecule has 1 atom stereocenters. The lowest BCUT2D eigenvalue weighted by molar-refractivity contribution is -0.125. The topological polar surface area (TPSA) is 24.9 Å². The van der Waals surface area contributed by atoms with Gasteiger partial charge in [-0.2, -0.15) is 13.2 Å². The van der Waals surface area contributed by atoms with Gasteiger partial charge in [0.2, 0.25) is 0 Å². The molecule has 1 unspecified atom stereocenters. The van der Waals surface area contributed by atoms with Crippen molar-refractivity contribution in [3.63, 3.8) is 0 Å². The summed E-state index contributed by atoms with van der Waals surface area (Å²) >= 11 is 1.56. The molecule has 0 aliphatic heterocycles. The molecule has 0 spiro atoms. The highest BCUT2D eigenvalue weighted by Crippen LogP contribution is 2.15. The van der Waals surface area contributed by atoms with E-state index in [-0.39, 0.29) is 5.92 Å². The van der Waals surface area contributed by atoms with E-state index >= 15 is 0 Å². The Hall–Kier alpha value is -0.620. The fourth-order valence-electron chi connectivity index (χ4n) is 1.33. The van der Waals surface area contributed by atoms with Gasteiger partial charge in [0.15, 0.2) is 0 Å². The normalized spacial score (nSPS) is 14.1. The van der Waals surface area contributed by atoms with Crippen LogP contribution in [-0.4, -0.2) is 24.2 Å². The van der Waals surface area contributed by atoms with Crippen LogP contribution in [-0.2, 0) is 6.42 Å². The Labute approximate surface area is 96.9 Å². The highest BCUT2D eigenvalue weighted by atomic mass is 32.1. The number of hydrogen-bond donors (Lipinski definition) is 1. The smallest absolute Gasteiger partial charge is 0.308 e. The second-order valence-corrected chi connectivity index (χ2v) is 4.88.